The Bertz CT molecular complexity index is 721. The summed E-state index contributed by atoms with van der Waals surface area (Å²) in [4.78, 5) is 32.8. The zero-order valence-corrected chi connectivity index (χ0v) is 9.91. The van der Waals surface area contributed by atoms with E-state index in [2.05, 4.69) is 10.2 Å². The zero-order chi connectivity index (χ0) is 14.0. The first-order valence-corrected chi connectivity index (χ1v) is 5.34. The molecule has 0 fully saturated rings. The van der Waals surface area contributed by atoms with Gasteiger partial charge in [-0.3, -0.25) is 19.7 Å². The first-order chi connectivity index (χ1) is 8.99. The first kappa shape index (κ1) is 12.6. The van der Waals surface area contributed by atoms with Crippen LogP contribution in [0.25, 0.3) is 11.3 Å². The van der Waals surface area contributed by atoms with Crippen molar-refractivity contribution in [2.75, 3.05) is 0 Å². The molecule has 0 bridgehead atoms. The normalized spacial score (nSPS) is 10.2. The highest BCUT2D eigenvalue weighted by molar-refractivity contribution is 5.94. The van der Waals surface area contributed by atoms with Crippen molar-refractivity contribution < 1.29 is 9.72 Å². The van der Waals surface area contributed by atoms with Gasteiger partial charge in [-0.15, -0.1) is 0 Å². The summed E-state index contributed by atoms with van der Waals surface area (Å²) in [5.41, 5.74) is 0.0505. The van der Waals surface area contributed by atoms with Gasteiger partial charge in [0.25, 0.3) is 11.2 Å². The summed E-state index contributed by atoms with van der Waals surface area (Å²) in [5, 5.41) is 16.7. The van der Waals surface area contributed by atoms with Crippen LogP contribution in [0, 0.1) is 10.1 Å². The molecule has 0 radical (unpaired) electrons. The van der Waals surface area contributed by atoms with E-state index in [0.717, 1.165) is 0 Å². The van der Waals surface area contributed by atoms with Crippen molar-refractivity contribution in [2.45, 2.75) is 6.92 Å². The van der Waals surface area contributed by atoms with E-state index >= 15 is 0 Å². The molecule has 0 saturated heterocycles. The molecule has 0 saturated carbocycles. The van der Waals surface area contributed by atoms with Gasteiger partial charge in [0.05, 0.1) is 16.2 Å². The lowest BCUT2D eigenvalue weighted by molar-refractivity contribution is -0.384. The molecule has 0 atom stereocenters. The van der Waals surface area contributed by atoms with E-state index in [1.54, 1.807) is 6.07 Å². The second kappa shape index (κ2) is 4.81. The van der Waals surface area contributed by atoms with E-state index in [4.69, 9.17) is 0 Å². The number of nitro groups is 1. The van der Waals surface area contributed by atoms with Gasteiger partial charge in [-0.25, -0.2) is 5.10 Å². The number of aromatic amines is 1. The van der Waals surface area contributed by atoms with Gasteiger partial charge in [0.15, 0.2) is 5.78 Å². The fraction of sp³-hybridized carbons (Fsp3) is 0.0833. The lowest BCUT2D eigenvalue weighted by Gasteiger charge is -2.01. The molecule has 7 nitrogen and oxygen atoms in total. The van der Waals surface area contributed by atoms with Gasteiger partial charge in [0.1, 0.15) is 0 Å². The molecule has 2 rings (SSSR count). The van der Waals surface area contributed by atoms with Crippen molar-refractivity contribution in [1.82, 2.24) is 10.2 Å². The number of nitro benzene ring substituents is 1. The van der Waals surface area contributed by atoms with Crippen LogP contribution in [0.15, 0.2) is 35.1 Å². The van der Waals surface area contributed by atoms with Crippen molar-refractivity contribution in [3.63, 3.8) is 0 Å². The maximum Gasteiger partial charge on any atom is 0.275 e. The van der Waals surface area contributed by atoms with Crippen LogP contribution >= 0.6 is 0 Å². The summed E-state index contributed by atoms with van der Waals surface area (Å²) in [7, 11) is 0. The number of hydrogen-bond donors (Lipinski definition) is 1. The lowest BCUT2D eigenvalue weighted by atomic mass is 10.1. The van der Waals surface area contributed by atoms with Crippen LogP contribution in [0.2, 0.25) is 0 Å². The van der Waals surface area contributed by atoms with Crippen molar-refractivity contribution in [3.8, 4) is 11.3 Å². The van der Waals surface area contributed by atoms with Crippen LogP contribution in [0.5, 0.6) is 0 Å². The summed E-state index contributed by atoms with van der Waals surface area (Å²) >= 11 is 0. The second-order valence-electron chi connectivity index (χ2n) is 3.86. The van der Waals surface area contributed by atoms with Crippen LogP contribution in [0.1, 0.15) is 17.3 Å². The van der Waals surface area contributed by atoms with Gasteiger partial charge >= 0.3 is 0 Å². The summed E-state index contributed by atoms with van der Waals surface area (Å²) < 4.78 is 0. The quantitative estimate of drug-likeness (QED) is 0.511. The lowest BCUT2D eigenvalue weighted by Crippen LogP contribution is -2.17. The van der Waals surface area contributed by atoms with Crippen LogP contribution in [-0.2, 0) is 0 Å². The van der Waals surface area contributed by atoms with E-state index < -0.39 is 16.3 Å². The van der Waals surface area contributed by atoms with Crippen molar-refractivity contribution in [1.29, 1.82) is 0 Å². The Labute approximate surface area is 107 Å². The molecule has 0 unspecified atom stereocenters. The SMILES string of the molecule is CC(=O)c1cc(-c2cccc([N+](=O)[O-])c2)n[nH]c1=O. The van der Waals surface area contributed by atoms with E-state index in [0.29, 0.717) is 11.3 Å². The molecule has 2 aromatic rings. The molecule has 0 spiro atoms. The minimum Gasteiger partial charge on any atom is -0.294 e. The number of non-ortho nitro benzene ring substituents is 1. The van der Waals surface area contributed by atoms with E-state index in [1.165, 1.54) is 31.2 Å². The minimum absolute atomic E-state index is 0.0310. The molecule has 7 heteroatoms. The minimum atomic E-state index is -0.582. The van der Waals surface area contributed by atoms with Gasteiger partial charge in [-0.2, -0.15) is 5.10 Å². The Morgan fingerprint density at radius 2 is 2.11 bits per heavy atom. The van der Waals surface area contributed by atoms with Gasteiger partial charge in [0, 0.05) is 17.7 Å². The Morgan fingerprint density at radius 3 is 2.74 bits per heavy atom. The van der Waals surface area contributed by atoms with Gasteiger partial charge < -0.3 is 0 Å². The van der Waals surface area contributed by atoms with Crippen molar-refractivity contribution in [2.24, 2.45) is 0 Å². The van der Waals surface area contributed by atoms with Crippen LogP contribution in [0.4, 0.5) is 5.69 Å². The number of ketones is 1. The fourth-order valence-corrected chi connectivity index (χ4v) is 1.59. The molecule has 1 aromatic heterocycles. The van der Waals surface area contributed by atoms with Crippen molar-refractivity contribution >= 4 is 11.5 Å². The Balaban J connectivity index is 2.56. The smallest absolute Gasteiger partial charge is 0.275 e. The highest BCUT2D eigenvalue weighted by Crippen LogP contribution is 2.21. The standard InChI is InChI=1S/C12H9N3O4/c1-7(16)10-6-11(13-14-12(10)17)8-3-2-4-9(5-8)15(18)19/h2-6H,1H3,(H,14,17). The summed E-state index contributed by atoms with van der Waals surface area (Å²) in [6.45, 7) is 1.27. The van der Waals surface area contributed by atoms with Gasteiger partial charge in [0.2, 0.25) is 0 Å². The third-order valence-corrected chi connectivity index (χ3v) is 2.54. The zero-order valence-electron chi connectivity index (χ0n) is 9.91. The van der Waals surface area contributed by atoms with Gasteiger partial charge in [-0.05, 0) is 13.0 Å². The number of hydrogen-bond acceptors (Lipinski definition) is 5. The summed E-state index contributed by atoms with van der Waals surface area (Å²) in [6.07, 6.45) is 0. The molecule has 96 valence electrons. The number of carbonyl (C=O) groups is 1. The number of rotatable bonds is 3. The molecule has 0 aliphatic rings. The van der Waals surface area contributed by atoms with E-state index in [1.807, 2.05) is 0 Å². The summed E-state index contributed by atoms with van der Waals surface area (Å²) in [6, 6.07) is 7.11. The van der Waals surface area contributed by atoms with Gasteiger partial charge in [-0.1, -0.05) is 12.1 Å². The number of aromatic nitrogens is 2. The average molecular weight is 259 g/mol. The van der Waals surface area contributed by atoms with E-state index in [9.17, 15) is 19.7 Å². The molecule has 19 heavy (non-hydrogen) atoms. The predicted octanol–water partition coefficient (Wildman–Crippen LogP) is 1.55. The largest absolute Gasteiger partial charge is 0.294 e. The number of nitrogens with one attached hydrogen (secondary N) is 1. The van der Waals surface area contributed by atoms with E-state index in [-0.39, 0.29) is 11.3 Å². The number of Topliss-reactive ketones (excluding diaryl/α,β-unsaturated/α-hetero) is 1. The maximum absolute atomic E-state index is 11.4. The Hall–Kier alpha value is -2.83. The number of benzene rings is 1. The number of nitrogens with zero attached hydrogens (tertiary/aromatic N) is 2. The third kappa shape index (κ3) is 2.54. The average Bonchev–Trinajstić information content (AvgIpc) is 2.39. The molecule has 0 aliphatic heterocycles. The van der Waals surface area contributed by atoms with Crippen molar-refractivity contribution in [3.05, 3.63) is 56.4 Å². The topological polar surface area (TPSA) is 106 Å². The maximum atomic E-state index is 11.4. The second-order valence-corrected chi connectivity index (χ2v) is 3.86. The highest BCUT2D eigenvalue weighted by Gasteiger charge is 2.11. The predicted molar refractivity (Wildman–Crippen MR) is 67.0 cm³/mol. The molecule has 0 amide bonds. The highest BCUT2D eigenvalue weighted by atomic mass is 16.6. The molecular weight excluding hydrogens is 250 g/mol. The van der Waals surface area contributed by atoms with Crippen LogP contribution < -0.4 is 5.56 Å². The fourth-order valence-electron chi connectivity index (χ4n) is 1.59. The van der Waals surface area contributed by atoms with Crippen LogP contribution in [0.3, 0.4) is 0 Å². The number of carbonyl (C=O) groups excluding carboxylic acids is 1. The Morgan fingerprint density at radius 1 is 1.37 bits per heavy atom. The monoisotopic (exact) mass is 259 g/mol. The molecule has 1 heterocycles. The molecular formula is C12H9N3O4. The first-order valence-electron chi connectivity index (χ1n) is 5.34. The Kier molecular flexibility index (Phi) is 3.19. The third-order valence-electron chi connectivity index (χ3n) is 2.54. The number of H-pyrrole nitrogens is 1. The molecule has 1 N–H and O–H groups in total. The summed E-state index contributed by atoms with van der Waals surface area (Å²) in [5.74, 6) is -0.393. The van der Waals surface area contributed by atoms with Crippen LogP contribution in [-0.4, -0.2) is 20.9 Å². The molecule has 0 aliphatic carbocycles. The molecule has 1 aromatic carbocycles.